The molecule has 1 aromatic carbocycles. The largest absolute Gasteiger partial charge is 0.493 e. The Labute approximate surface area is 131 Å². The van der Waals surface area contributed by atoms with E-state index in [1.165, 1.54) is 19.1 Å². The maximum absolute atomic E-state index is 12.5. The van der Waals surface area contributed by atoms with Crippen LogP contribution in [0.3, 0.4) is 0 Å². The maximum atomic E-state index is 12.5. The molecule has 6 heteroatoms. The number of hydrogen-bond donors (Lipinski definition) is 0. The van der Waals surface area contributed by atoms with Crippen molar-refractivity contribution in [3.63, 3.8) is 0 Å². The molecule has 0 N–H and O–H groups in total. The molecule has 0 aliphatic heterocycles. The second kappa shape index (κ2) is 8.26. The molecule has 0 spiro atoms. The van der Waals surface area contributed by atoms with Crippen LogP contribution in [0.4, 0.5) is 0 Å². The first-order valence-corrected chi connectivity index (χ1v) is 7.24. The minimum atomic E-state index is -0.281. The molecular formula is C16H24N2O4. The Hall–Kier alpha value is -2.24. The summed E-state index contributed by atoms with van der Waals surface area (Å²) in [6.07, 6.45) is 0. The highest BCUT2D eigenvalue weighted by molar-refractivity contribution is 5.99. The van der Waals surface area contributed by atoms with E-state index in [2.05, 4.69) is 0 Å². The predicted octanol–water partition coefficient (Wildman–Crippen LogP) is 1.64. The zero-order valence-corrected chi connectivity index (χ0v) is 13.9. The van der Waals surface area contributed by atoms with Crippen LogP contribution in [-0.4, -0.2) is 62.5 Å². The lowest BCUT2D eigenvalue weighted by Gasteiger charge is -2.24. The molecule has 0 bridgehead atoms. The van der Waals surface area contributed by atoms with Crippen LogP contribution in [0.2, 0.25) is 0 Å². The van der Waals surface area contributed by atoms with E-state index in [1.807, 2.05) is 13.8 Å². The number of para-hydroxylation sites is 1. The van der Waals surface area contributed by atoms with E-state index in [0.29, 0.717) is 30.2 Å². The third-order valence-corrected chi connectivity index (χ3v) is 3.47. The Morgan fingerprint density at radius 3 is 2.23 bits per heavy atom. The number of methoxy groups -OCH3 is 2. The van der Waals surface area contributed by atoms with Gasteiger partial charge in [-0.05, 0) is 26.0 Å². The van der Waals surface area contributed by atoms with Crippen molar-refractivity contribution in [2.24, 2.45) is 0 Å². The summed E-state index contributed by atoms with van der Waals surface area (Å²) >= 11 is 0. The molecule has 0 unspecified atom stereocenters. The highest BCUT2D eigenvalue weighted by atomic mass is 16.5. The third-order valence-electron chi connectivity index (χ3n) is 3.47. The van der Waals surface area contributed by atoms with Crippen LogP contribution < -0.4 is 9.47 Å². The van der Waals surface area contributed by atoms with Crippen molar-refractivity contribution in [3.05, 3.63) is 23.8 Å². The van der Waals surface area contributed by atoms with Gasteiger partial charge in [0.25, 0.3) is 5.91 Å². The molecular weight excluding hydrogens is 284 g/mol. The molecule has 0 heterocycles. The monoisotopic (exact) mass is 308 g/mol. The van der Waals surface area contributed by atoms with Crippen molar-refractivity contribution in [3.8, 4) is 11.5 Å². The molecule has 0 aromatic heterocycles. The number of rotatable bonds is 7. The lowest BCUT2D eigenvalue weighted by atomic mass is 10.1. The first kappa shape index (κ1) is 17.8. The topological polar surface area (TPSA) is 59.1 Å². The fourth-order valence-corrected chi connectivity index (χ4v) is 2.21. The average molecular weight is 308 g/mol. The number of carbonyl (C=O) groups excluding carboxylic acids is 2. The Morgan fingerprint density at radius 2 is 1.73 bits per heavy atom. The van der Waals surface area contributed by atoms with Crippen molar-refractivity contribution in [2.45, 2.75) is 13.8 Å². The van der Waals surface area contributed by atoms with Crippen molar-refractivity contribution in [1.29, 1.82) is 0 Å². The zero-order valence-electron chi connectivity index (χ0n) is 13.9. The van der Waals surface area contributed by atoms with Crippen LogP contribution >= 0.6 is 0 Å². The smallest absolute Gasteiger partial charge is 0.257 e. The van der Waals surface area contributed by atoms with E-state index in [0.717, 1.165) is 0 Å². The predicted molar refractivity (Wildman–Crippen MR) is 84.4 cm³/mol. The molecule has 122 valence electrons. The van der Waals surface area contributed by atoms with E-state index in [4.69, 9.17) is 9.47 Å². The third kappa shape index (κ3) is 3.90. The number of carbonyl (C=O) groups is 2. The van der Waals surface area contributed by atoms with Crippen LogP contribution in [0, 0.1) is 0 Å². The van der Waals surface area contributed by atoms with E-state index in [-0.39, 0.29) is 18.4 Å². The molecule has 2 amide bonds. The summed E-state index contributed by atoms with van der Waals surface area (Å²) < 4.78 is 10.5. The molecule has 0 radical (unpaired) electrons. The highest BCUT2D eigenvalue weighted by Gasteiger charge is 2.22. The van der Waals surface area contributed by atoms with Gasteiger partial charge in [-0.15, -0.1) is 0 Å². The molecule has 22 heavy (non-hydrogen) atoms. The Balaban J connectivity index is 2.94. The molecule has 0 fully saturated rings. The van der Waals surface area contributed by atoms with Gasteiger partial charge in [-0.3, -0.25) is 9.59 Å². The van der Waals surface area contributed by atoms with Crippen molar-refractivity contribution >= 4 is 11.8 Å². The Bertz CT molecular complexity index is 527. The summed E-state index contributed by atoms with van der Waals surface area (Å²) in [5.41, 5.74) is 0.372. The SMILES string of the molecule is CCN(CC)C(=O)CN(C)C(=O)c1cccc(OC)c1OC. The fourth-order valence-electron chi connectivity index (χ4n) is 2.21. The number of likely N-dealkylation sites (N-methyl/N-ethyl adjacent to an activating group) is 2. The Morgan fingerprint density at radius 1 is 1.09 bits per heavy atom. The van der Waals surface area contributed by atoms with Gasteiger partial charge in [0, 0.05) is 20.1 Å². The molecule has 0 atom stereocenters. The summed E-state index contributed by atoms with van der Waals surface area (Å²) in [6, 6.07) is 5.09. The molecule has 1 aromatic rings. The molecule has 6 nitrogen and oxygen atoms in total. The van der Waals surface area contributed by atoms with E-state index in [1.54, 1.807) is 30.1 Å². The number of amides is 2. The number of hydrogen-bond acceptors (Lipinski definition) is 4. The minimum absolute atomic E-state index is 0.0286. The Kier molecular flexibility index (Phi) is 6.69. The number of ether oxygens (including phenoxy) is 2. The van der Waals surface area contributed by atoms with Crippen LogP contribution in [-0.2, 0) is 4.79 Å². The molecule has 0 aliphatic carbocycles. The van der Waals surface area contributed by atoms with Gasteiger partial charge in [0.05, 0.1) is 26.3 Å². The summed E-state index contributed by atoms with van der Waals surface area (Å²) in [6.45, 7) is 5.10. The van der Waals surface area contributed by atoms with Crippen molar-refractivity contribution < 1.29 is 19.1 Å². The van der Waals surface area contributed by atoms with E-state index >= 15 is 0 Å². The van der Waals surface area contributed by atoms with Crippen LogP contribution in [0.15, 0.2) is 18.2 Å². The van der Waals surface area contributed by atoms with Gasteiger partial charge >= 0.3 is 0 Å². The number of benzene rings is 1. The summed E-state index contributed by atoms with van der Waals surface area (Å²) in [5.74, 6) is 0.493. The lowest BCUT2D eigenvalue weighted by Crippen LogP contribution is -2.41. The minimum Gasteiger partial charge on any atom is -0.493 e. The summed E-state index contributed by atoms with van der Waals surface area (Å²) in [5, 5.41) is 0. The van der Waals surface area contributed by atoms with Gasteiger partial charge in [-0.2, -0.15) is 0 Å². The first-order chi connectivity index (χ1) is 10.5. The van der Waals surface area contributed by atoms with Crippen molar-refractivity contribution in [1.82, 2.24) is 9.80 Å². The van der Waals surface area contributed by atoms with Gasteiger partial charge in [-0.1, -0.05) is 6.07 Å². The van der Waals surface area contributed by atoms with E-state index < -0.39 is 0 Å². The normalized spacial score (nSPS) is 10.0. The average Bonchev–Trinajstić information content (AvgIpc) is 2.54. The van der Waals surface area contributed by atoms with E-state index in [9.17, 15) is 9.59 Å². The molecule has 0 saturated heterocycles. The van der Waals surface area contributed by atoms with Gasteiger partial charge in [0.1, 0.15) is 0 Å². The summed E-state index contributed by atoms with van der Waals surface area (Å²) in [4.78, 5) is 27.7. The van der Waals surface area contributed by atoms with Gasteiger partial charge in [-0.25, -0.2) is 0 Å². The van der Waals surface area contributed by atoms with Crippen LogP contribution in [0.25, 0.3) is 0 Å². The first-order valence-electron chi connectivity index (χ1n) is 7.24. The molecule has 0 aliphatic rings. The van der Waals surface area contributed by atoms with Gasteiger partial charge in [0.2, 0.25) is 5.91 Å². The second-order valence-electron chi connectivity index (χ2n) is 4.77. The molecule has 0 saturated carbocycles. The lowest BCUT2D eigenvalue weighted by molar-refractivity contribution is -0.131. The second-order valence-corrected chi connectivity index (χ2v) is 4.77. The highest BCUT2D eigenvalue weighted by Crippen LogP contribution is 2.31. The van der Waals surface area contributed by atoms with Crippen LogP contribution in [0.5, 0.6) is 11.5 Å². The fraction of sp³-hybridized carbons (Fsp3) is 0.500. The van der Waals surface area contributed by atoms with Crippen molar-refractivity contribution in [2.75, 3.05) is 40.9 Å². The maximum Gasteiger partial charge on any atom is 0.257 e. The zero-order chi connectivity index (χ0) is 16.7. The van der Waals surface area contributed by atoms with Gasteiger partial charge in [0.15, 0.2) is 11.5 Å². The van der Waals surface area contributed by atoms with Gasteiger partial charge < -0.3 is 19.3 Å². The number of nitrogens with zero attached hydrogens (tertiary/aromatic N) is 2. The summed E-state index contributed by atoms with van der Waals surface area (Å²) in [7, 11) is 4.60. The van der Waals surface area contributed by atoms with Crippen LogP contribution in [0.1, 0.15) is 24.2 Å². The molecule has 1 rings (SSSR count). The quantitative estimate of drug-likeness (QED) is 0.768. The standard InChI is InChI=1S/C16H24N2O4/c1-6-18(7-2)14(19)11-17(3)16(20)12-9-8-10-13(21-4)15(12)22-5/h8-10H,6-7,11H2,1-5H3.